The third-order valence-corrected chi connectivity index (χ3v) is 4.41. The Hall–Kier alpha value is -1.33. The van der Waals surface area contributed by atoms with Crippen LogP contribution in [-0.4, -0.2) is 23.7 Å². The number of rotatable bonds is 5. The molecule has 94 valence electrons. The third kappa shape index (κ3) is 3.58. The highest BCUT2D eigenvalue weighted by Crippen LogP contribution is 2.28. The van der Waals surface area contributed by atoms with Crippen molar-refractivity contribution in [1.82, 2.24) is 10.3 Å². The quantitative estimate of drug-likeness (QED) is 0.855. The van der Waals surface area contributed by atoms with E-state index in [0.717, 1.165) is 21.3 Å². The van der Waals surface area contributed by atoms with Crippen molar-refractivity contribution in [3.05, 3.63) is 35.7 Å². The number of amides is 1. The molecule has 0 radical (unpaired) electrons. The minimum absolute atomic E-state index is 0.0716. The molecule has 0 unspecified atom stereocenters. The maximum absolute atomic E-state index is 11.1. The highest BCUT2D eigenvalue weighted by Gasteiger charge is 2.05. The van der Waals surface area contributed by atoms with Crippen molar-refractivity contribution in [2.75, 3.05) is 12.8 Å². The van der Waals surface area contributed by atoms with E-state index in [1.807, 2.05) is 30.3 Å². The summed E-state index contributed by atoms with van der Waals surface area (Å²) in [5.41, 5.74) is 2.13. The SMILES string of the molecule is CNC(=O)CCSc1nc(-c2ccccc2)cs1. The van der Waals surface area contributed by atoms with E-state index in [9.17, 15) is 4.79 Å². The van der Waals surface area contributed by atoms with Gasteiger partial charge in [-0.3, -0.25) is 4.79 Å². The highest BCUT2D eigenvalue weighted by molar-refractivity contribution is 8.01. The molecule has 1 aromatic heterocycles. The predicted molar refractivity (Wildman–Crippen MR) is 77.0 cm³/mol. The smallest absolute Gasteiger partial charge is 0.220 e. The molecule has 1 N–H and O–H groups in total. The summed E-state index contributed by atoms with van der Waals surface area (Å²) >= 11 is 3.25. The molecule has 1 amide bonds. The average Bonchev–Trinajstić information content (AvgIpc) is 2.88. The average molecular weight is 278 g/mol. The molecule has 5 heteroatoms. The number of hydrogen-bond acceptors (Lipinski definition) is 4. The molecule has 0 atom stereocenters. The first-order valence-electron chi connectivity index (χ1n) is 5.64. The van der Waals surface area contributed by atoms with Crippen LogP contribution < -0.4 is 5.32 Å². The van der Waals surface area contributed by atoms with Gasteiger partial charge in [-0.15, -0.1) is 11.3 Å². The fraction of sp³-hybridized carbons (Fsp3) is 0.231. The molecule has 2 rings (SSSR count). The first-order chi connectivity index (χ1) is 8.79. The van der Waals surface area contributed by atoms with Crippen LogP contribution in [0.15, 0.2) is 40.1 Å². The van der Waals surface area contributed by atoms with Crippen molar-refractivity contribution in [2.24, 2.45) is 0 Å². The zero-order valence-electron chi connectivity index (χ0n) is 10.1. The van der Waals surface area contributed by atoms with Gasteiger partial charge >= 0.3 is 0 Å². The minimum Gasteiger partial charge on any atom is -0.359 e. The number of hydrogen-bond donors (Lipinski definition) is 1. The molecule has 2 aromatic rings. The standard InChI is InChI=1S/C13H14N2OS2/c1-14-12(16)7-8-17-13-15-11(9-18-13)10-5-3-2-4-6-10/h2-6,9H,7-8H2,1H3,(H,14,16). The van der Waals surface area contributed by atoms with Crippen molar-refractivity contribution in [1.29, 1.82) is 0 Å². The Bertz CT molecular complexity index is 511. The largest absolute Gasteiger partial charge is 0.359 e. The Balaban J connectivity index is 1.93. The monoisotopic (exact) mass is 278 g/mol. The van der Waals surface area contributed by atoms with Gasteiger partial charge in [-0.05, 0) is 0 Å². The third-order valence-electron chi connectivity index (χ3n) is 2.39. The fourth-order valence-corrected chi connectivity index (χ4v) is 3.26. The summed E-state index contributed by atoms with van der Waals surface area (Å²) in [6.07, 6.45) is 0.529. The maximum atomic E-state index is 11.1. The molecule has 18 heavy (non-hydrogen) atoms. The second-order valence-electron chi connectivity index (χ2n) is 3.64. The number of thiazole rings is 1. The Morgan fingerprint density at radius 3 is 2.89 bits per heavy atom. The zero-order chi connectivity index (χ0) is 12.8. The van der Waals surface area contributed by atoms with E-state index in [1.54, 1.807) is 30.1 Å². The number of aromatic nitrogens is 1. The summed E-state index contributed by atoms with van der Waals surface area (Å²) in [7, 11) is 1.66. The number of nitrogens with zero attached hydrogens (tertiary/aromatic N) is 1. The van der Waals surface area contributed by atoms with Gasteiger partial charge < -0.3 is 5.32 Å². The van der Waals surface area contributed by atoms with Crippen LogP contribution in [0.2, 0.25) is 0 Å². The molecule has 0 aliphatic heterocycles. The van der Waals surface area contributed by atoms with Crippen LogP contribution in [0, 0.1) is 0 Å². The van der Waals surface area contributed by atoms with E-state index in [4.69, 9.17) is 0 Å². The van der Waals surface area contributed by atoms with Gasteiger partial charge in [0.05, 0.1) is 5.69 Å². The summed E-state index contributed by atoms with van der Waals surface area (Å²) in [4.78, 5) is 15.6. The molecule has 1 heterocycles. The number of benzene rings is 1. The topological polar surface area (TPSA) is 42.0 Å². The summed E-state index contributed by atoms with van der Waals surface area (Å²) in [6.45, 7) is 0. The maximum Gasteiger partial charge on any atom is 0.220 e. The van der Waals surface area contributed by atoms with Crippen molar-refractivity contribution < 1.29 is 4.79 Å². The number of thioether (sulfide) groups is 1. The Labute approximate surface area is 115 Å². The number of carbonyl (C=O) groups is 1. The summed E-state index contributed by atoms with van der Waals surface area (Å²) in [6, 6.07) is 10.1. The van der Waals surface area contributed by atoms with Crippen LogP contribution in [0.25, 0.3) is 11.3 Å². The molecule has 0 saturated carbocycles. The molecule has 0 aliphatic carbocycles. The summed E-state index contributed by atoms with van der Waals surface area (Å²) < 4.78 is 1.01. The molecule has 3 nitrogen and oxygen atoms in total. The van der Waals surface area contributed by atoms with Crippen LogP contribution in [0.5, 0.6) is 0 Å². The van der Waals surface area contributed by atoms with E-state index in [-0.39, 0.29) is 5.91 Å². The van der Waals surface area contributed by atoms with Gasteiger partial charge in [0.2, 0.25) is 5.91 Å². The van der Waals surface area contributed by atoms with Gasteiger partial charge in [-0.2, -0.15) is 0 Å². The van der Waals surface area contributed by atoms with Crippen LogP contribution in [0.1, 0.15) is 6.42 Å². The molecular formula is C13H14N2OS2. The van der Waals surface area contributed by atoms with Crippen molar-refractivity contribution in [3.8, 4) is 11.3 Å². The minimum atomic E-state index is 0.0716. The number of nitrogens with one attached hydrogen (secondary N) is 1. The van der Waals surface area contributed by atoms with E-state index in [2.05, 4.69) is 15.7 Å². The van der Waals surface area contributed by atoms with Gasteiger partial charge in [0.15, 0.2) is 4.34 Å². The van der Waals surface area contributed by atoms with Gasteiger partial charge in [-0.25, -0.2) is 4.98 Å². The Morgan fingerprint density at radius 2 is 2.17 bits per heavy atom. The molecule has 1 aromatic carbocycles. The van der Waals surface area contributed by atoms with E-state index in [1.165, 1.54) is 0 Å². The normalized spacial score (nSPS) is 10.3. The molecule has 0 fully saturated rings. The highest BCUT2D eigenvalue weighted by atomic mass is 32.2. The van der Waals surface area contributed by atoms with Crippen molar-refractivity contribution in [2.45, 2.75) is 10.8 Å². The second kappa shape index (κ2) is 6.56. The summed E-state index contributed by atoms with van der Waals surface area (Å²) in [5.74, 6) is 0.837. The van der Waals surface area contributed by atoms with E-state index >= 15 is 0 Å². The first kappa shape index (κ1) is 13.1. The molecule has 0 aliphatic rings. The lowest BCUT2D eigenvalue weighted by atomic mass is 10.2. The number of carbonyl (C=O) groups excluding carboxylic acids is 1. The van der Waals surface area contributed by atoms with Crippen LogP contribution in [-0.2, 0) is 4.79 Å². The molecular weight excluding hydrogens is 264 g/mol. The predicted octanol–water partition coefficient (Wildman–Crippen LogP) is 3.04. The van der Waals surface area contributed by atoms with Crippen molar-refractivity contribution >= 4 is 29.0 Å². The second-order valence-corrected chi connectivity index (χ2v) is 5.84. The van der Waals surface area contributed by atoms with Crippen LogP contribution in [0.3, 0.4) is 0 Å². The fourth-order valence-electron chi connectivity index (χ4n) is 1.42. The zero-order valence-corrected chi connectivity index (χ0v) is 11.7. The van der Waals surface area contributed by atoms with E-state index in [0.29, 0.717) is 6.42 Å². The Kier molecular flexibility index (Phi) is 4.78. The Morgan fingerprint density at radius 1 is 1.39 bits per heavy atom. The lowest BCUT2D eigenvalue weighted by Gasteiger charge is -1.97. The van der Waals surface area contributed by atoms with Crippen LogP contribution >= 0.6 is 23.1 Å². The van der Waals surface area contributed by atoms with Gasteiger partial charge in [0.1, 0.15) is 0 Å². The lowest BCUT2D eigenvalue weighted by molar-refractivity contribution is -0.120. The molecule has 0 spiro atoms. The summed E-state index contributed by atoms with van der Waals surface area (Å²) in [5, 5.41) is 4.67. The van der Waals surface area contributed by atoms with Gasteiger partial charge in [-0.1, -0.05) is 42.1 Å². The first-order valence-corrected chi connectivity index (χ1v) is 7.50. The van der Waals surface area contributed by atoms with Crippen molar-refractivity contribution in [3.63, 3.8) is 0 Å². The molecule has 0 saturated heterocycles. The van der Waals surface area contributed by atoms with E-state index < -0.39 is 0 Å². The van der Waals surface area contributed by atoms with Crippen LogP contribution in [0.4, 0.5) is 0 Å². The lowest BCUT2D eigenvalue weighted by Crippen LogP contribution is -2.17. The molecule has 0 bridgehead atoms. The van der Waals surface area contributed by atoms with Gasteiger partial charge in [0, 0.05) is 30.2 Å². The van der Waals surface area contributed by atoms with Gasteiger partial charge in [0.25, 0.3) is 0 Å².